The van der Waals surface area contributed by atoms with E-state index in [1.807, 2.05) is 6.92 Å². The lowest BCUT2D eigenvalue weighted by Crippen LogP contribution is -2.49. The predicted octanol–water partition coefficient (Wildman–Crippen LogP) is 0.719. The highest BCUT2D eigenvalue weighted by molar-refractivity contribution is 5.82. The van der Waals surface area contributed by atoms with E-state index in [0.29, 0.717) is 31.1 Å². The van der Waals surface area contributed by atoms with Crippen molar-refractivity contribution in [2.45, 2.75) is 39.7 Å². The maximum absolute atomic E-state index is 11.6. The zero-order chi connectivity index (χ0) is 15.1. The molecule has 0 aromatic carbocycles. The topological polar surface area (TPSA) is 117 Å². The van der Waals surface area contributed by atoms with Gasteiger partial charge < -0.3 is 20.3 Å². The Morgan fingerprint density at radius 2 is 2.15 bits per heavy atom. The summed E-state index contributed by atoms with van der Waals surface area (Å²) in [6.45, 7) is 5.64. The normalized spacial score (nSPS) is 13.6. The Bertz CT molecular complexity index is 460. The third-order valence-corrected chi connectivity index (χ3v) is 2.97. The minimum absolute atomic E-state index is 0.141. The van der Waals surface area contributed by atoms with Crippen molar-refractivity contribution in [3.8, 4) is 0 Å². The van der Waals surface area contributed by atoms with Gasteiger partial charge in [0.05, 0.1) is 0 Å². The minimum Gasteiger partial charge on any atom is -0.480 e. The van der Waals surface area contributed by atoms with Gasteiger partial charge in [0.2, 0.25) is 5.89 Å². The van der Waals surface area contributed by atoms with E-state index < -0.39 is 18.0 Å². The number of hydrogen-bond donors (Lipinski definition) is 3. The Balaban J connectivity index is 2.36. The second-order valence-corrected chi connectivity index (χ2v) is 4.58. The van der Waals surface area contributed by atoms with Crippen LogP contribution in [0.2, 0.25) is 0 Å². The number of carboxylic acid groups (broad SMARTS) is 1. The van der Waals surface area contributed by atoms with E-state index in [9.17, 15) is 9.59 Å². The Morgan fingerprint density at radius 3 is 2.65 bits per heavy atom. The number of amides is 2. The molecule has 2 atom stereocenters. The maximum atomic E-state index is 11.6. The molecule has 0 unspecified atom stereocenters. The SMILES string of the molecule is CC[C@H](C)[C@H](NC(=O)NCCc1noc(C)n1)C(=O)O. The predicted molar refractivity (Wildman–Crippen MR) is 70.2 cm³/mol. The monoisotopic (exact) mass is 284 g/mol. The summed E-state index contributed by atoms with van der Waals surface area (Å²) in [7, 11) is 0. The van der Waals surface area contributed by atoms with Crippen LogP contribution in [0.4, 0.5) is 4.79 Å². The molecule has 1 rings (SSSR count). The molecule has 0 fully saturated rings. The van der Waals surface area contributed by atoms with Crippen LogP contribution >= 0.6 is 0 Å². The van der Waals surface area contributed by atoms with Crippen LogP contribution in [0.1, 0.15) is 32.0 Å². The number of carboxylic acids is 1. The van der Waals surface area contributed by atoms with Crippen molar-refractivity contribution in [1.29, 1.82) is 0 Å². The van der Waals surface area contributed by atoms with Crippen molar-refractivity contribution < 1.29 is 19.2 Å². The third-order valence-electron chi connectivity index (χ3n) is 2.97. The van der Waals surface area contributed by atoms with E-state index in [0.717, 1.165) is 0 Å². The van der Waals surface area contributed by atoms with Gasteiger partial charge in [0.15, 0.2) is 5.82 Å². The zero-order valence-corrected chi connectivity index (χ0v) is 11.8. The van der Waals surface area contributed by atoms with Crippen LogP contribution < -0.4 is 10.6 Å². The summed E-state index contributed by atoms with van der Waals surface area (Å²) in [5.74, 6) is -0.215. The first-order valence-electron chi connectivity index (χ1n) is 6.50. The fraction of sp³-hybridized carbons (Fsp3) is 0.667. The summed E-state index contributed by atoms with van der Waals surface area (Å²) in [4.78, 5) is 26.7. The first-order valence-corrected chi connectivity index (χ1v) is 6.50. The molecule has 0 aliphatic carbocycles. The van der Waals surface area contributed by atoms with Crippen LogP contribution in [0, 0.1) is 12.8 Å². The summed E-state index contributed by atoms with van der Waals surface area (Å²) in [5, 5.41) is 17.8. The van der Waals surface area contributed by atoms with Crippen LogP contribution in [-0.4, -0.2) is 39.8 Å². The molecule has 1 heterocycles. The maximum Gasteiger partial charge on any atom is 0.326 e. The van der Waals surface area contributed by atoms with Crippen molar-refractivity contribution in [3.63, 3.8) is 0 Å². The van der Waals surface area contributed by atoms with Gasteiger partial charge >= 0.3 is 12.0 Å². The molecule has 0 saturated carbocycles. The smallest absolute Gasteiger partial charge is 0.326 e. The van der Waals surface area contributed by atoms with Gasteiger partial charge in [0.25, 0.3) is 0 Å². The fourth-order valence-electron chi connectivity index (χ4n) is 1.61. The Kier molecular flexibility index (Phi) is 5.95. The second kappa shape index (κ2) is 7.46. The number of urea groups is 1. The standard InChI is InChI=1S/C12H20N4O4/c1-4-7(2)10(11(17)18)15-12(19)13-6-5-9-14-8(3)20-16-9/h7,10H,4-6H2,1-3H3,(H,17,18)(H2,13,15,19)/t7-,10-/m0/s1. The van der Waals surface area contributed by atoms with E-state index in [1.54, 1.807) is 13.8 Å². The van der Waals surface area contributed by atoms with Gasteiger partial charge in [-0.05, 0) is 5.92 Å². The lowest BCUT2D eigenvalue weighted by molar-refractivity contribution is -0.140. The highest BCUT2D eigenvalue weighted by Gasteiger charge is 2.25. The molecule has 112 valence electrons. The molecule has 0 aliphatic heterocycles. The lowest BCUT2D eigenvalue weighted by atomic mass is 9.99. The molecule has 20 heavy (non-hydrogen) atoms. The van der Waals surface area contributed by atoms with E-state index in [2.05, 4.69) is 20.8 Å². The number of nitrogens with zero attached hydrogens (tertiary/aromatic N) is 2. The average molecular weight is 284 g/mol. The second-order valence-electron chi connectivity index (χ2n) is 4.58. The largest absolute Gasteiger partial charge is 0.480 e. The van der Waals surface area contributed by atoms with Crippen LogP contribution in [-0.2, 0) is 11.2 Å². The van der Waals surface area contributed by atoms with Gasteiger partial charge in [-0.1, -0.05) is 25.4 Å². The minimum atomic E-state index is -1.04. The van der Waals surface area contributed by atoms with E-state index in [1.165, 1.54) is 0 Å². The molecule has 0 spiro atoms. The lowest BCUT2D eigenvalue weighted by Gasteiger charge is -2.20. The van der Waals surface area contributed by atoms with Gasteiger partial charge in [-0.3, -0.25) is 0 Å². The van der Waals surface area contributed by atoms with Gasteiger partial charge in [-0.25, -0.2) is 9.59 Å². The molecular weight excluding hydrogens is 264 g/mol. The number of rotatable bonds is 7. The third kappa shape index (κ3) is 4.87. The zero-order valence-electron chi connectivity index (χ0n) is 11.8. The Morgan fingerprint density at radius 1 is 1.45 bits per heavy atom. The number of aliphatic carboxylic acids is 1. The molecule has 0 saturated heterocycles. The van der Waals surface area contributed by atoms with Gasteiger partial charge in [0, 0.05) is 19.9 Å². The van der Waals surface area contributed by atoms with Crippen LogP contribution in [0.3, 0.4) is 0 Å². The molecule has 1 aromatic heterocycles. The highest BCUT2D eigenvalue weighted by atomic mass is 16.5. The first-order chi connectivity index (χ1) is 9.43. The van der Waals surface area contributed by atoms with Crippen molar-refractivity contribution in [2.24, 2.45) is 5.92 Å². The molecule has 2 amide bonds. The number of hydrogen-bond acceptors (Lipinski definition) is 5. The van der Waals surface area contributed by atoms with Gasteiger partial charge in [-0.2, -0.15) is 4.98 Å². The van der Waals surface area contributed by atoms with Crippen LogP contribution in [0.25, 0.3) is 0 Å². The molecule has 8 nitrogen and oxygen atoms in total. The number of aryl methyl sites for hydroxylation is 1. The van der Waals surface area contributed by atoms with Crippen molar-refractivity contribution >= 4 is 12.0 Å². The van der Waals surface area contributed by atoms with E-state index in [4.69, 9.17) is 9.63 Å². The number of carbonyl (C=O) groups is 2. The summed E-state index contributed by atoms with van der Waals surface area (Å²) in [6, 6.07) is -1.41. The van der Waals surface area contributed by atoms with Gasteiger partial charge in [-0.15, -0.1) is 0 Å². The van der Waals surface area contributed by atoms with Crippen LogP contribution in [0.5, 0.6) is 0 Å². The van der Waals surface area contributed by atoms with Crippen molar-refractivity contribution in [3.05, 3.63) is 11.7 Å². The van der Waals surface area contributed by atoms with Gasteiger partial charge in [0.1, 0.15) is 6.04 Å². The molecular formula is C12H20N4O4. The molecule has 8 heteroatoms. The quantitative estimate of drug-likeness (QED) is 0.679. The fourth-order valence-corrected chi connectivity index (χ4v) is 1.61. The summed E-state index contributed by atoms with van der Waals surface area (Å²) in [6.07, 6.45) is 1.09. The van der Waals surface area contributed by atoms with Crippen molar-refractivity contribution in [2.75, 3.05) is 6.54 Å². The van der Waals surface area contributed by atoms with E-state index in [-0.39, 0.29) is 5.92 Å². The molecule has 1 aromatic rings. The summed E-state index contributed by atoms with van der Waals surface area (Å²) < 4.78 is 4.80. The Hall–Kier alpha value is -2.12. The summed E-state index contributed by atoms with van der Waals surface area (Å²) >= 11 is 0. The number of carbonyl (C=O) groups excluding carboxylic acids is 1. The molecule has 0 aliphatic rings. The highest BCUT2D eigenvalue weighted by Crippen LogP contribution is 2.07. The van der Waals surface area contributed by atoms with Crippen molar-refractivity contribution in [1.82, 2.24) is 20.8 Å². The molecule has 3 N–H and O–H groups in total. The van der Waals surface area contributed by atoms with Crippen LogP contribution in [0.15, 0.2) is 4.52 Å². The molecule has 0 radical (unpaired) electrons. The summed E-state index contributed by atoms with van der Waals surface area (Å²) in [5.41, 5.74) is 0. The molecule has 0 bridgehead atoms. The van der Waals surface area contributed by atoms with E-state index >= 15 is 0 Å². The first kappa shape index (κ1) is 15.9. The Labute approximate surface area is 116 Å². The number of nitrogens with one attached hydrogen (secondary N) is 2. The average Bonchev–Trinajstić information content (AvgIpc) is 2.80. The number of aromatic nitrogens is 2.